The molecule has 1 aliphatic heterocycles. The van der Waals surface area contributed by atoms with Gasteiger partial charge in [0.1, 0.15) is 17.3 Å². The quantitative estimate of drug-likeness (QED) is 0.409. The van der Waals surface area contributed by atoms with Crippen LogP contribution in [0.15, 0.2) is 50.6 Å². The highest BCUT2D eigenvalue weighted by molar-refractivity contribution is 9.10. The molecule has 5 rings (SSSR count). The number of fused-ring (bicyclic) bond motifs is 2. The Morgan fingerprint density at radius 3 is 1.97 bits per heavy atom. The van der Waals surface area contributed by atoms with Crippen molar-refractivity contribution in [3.05, 3.63) is 72.9 Å². The number of benzene rings is 2. The summed E-state index contributed by atoms with van der Waals surface area (Å²) in [5.41, 5.74) is 0.236. The molecule has 1 heterocycles. The summed E-state index contributed by atoms with van der Waals surface area (Å²) in [6, 6.07) is 5.76. The average Bonchev–Trinajstić information content (AvgIpc) is 3.26. The van der Waals surface area contributed by atoms with E-state index in [1.165, 1.54) is 31.2 Å². The van der Waals surface area contributed by atoms with Crippen molar-refractivity contribution in [3.8, 4) is 11.5 Å². The van der Waals surface area contributed by atoms with E-state index >= 15 is 0 Å². The number of aliphatic hydroxyl groups excluding tert-OH is 1. The normalized spacial score (nSPS) is 18.1. The summed E-state index contributed by atoms with van der Waals surface area (Å²) in [5, 5.41) is 29.0. The maximum absolute atomic E-state index is 12.4. The van der Waals surface area contributed by atoms with E-state index in [0.717, 1.165) is 6.08 Å². The van der Waals surface area contributed by atoms with Crippen LogP contribution >= 0.6 is 31.9 Å². The second-order valence-corrected chi connectivity index (χ2v) is 9.46. The SMILES string of the molecule is CC(=O)C1CC2=C(O1)C(=O)c1ccc(Br)c(O)c1C2=O.O=C1C=C(O)c2c(ccc(Br)c2O)C1=O. The van der Waals surface area contributed by atoms with Crippen molar-refractivity contribution in [2.45, 2.75) is 19.4 Å². The molecule has 0 bridgehead atoms. The molecule has 35 heavy (non-hydrogen) atoms. The molecule has 1 atom stereocenters. The summed E-state index contributed by atoms with van der Waals surface area (Å²) in [6.45, 7) is 1.35. The minimum Gasteiger partial charge on any atom is -0.507 e. The zero-order valence-electron chi connectivity index (χ0n) is 17.7. The van der Waals surface area contributed by atoms with E-state index in [0.29, 0.717) is 8.95 Å². The summed E-state index contributed by atoms with van der Waals surface area (Å²) in [5.74, 6) is -3.67. The highest BCUT2D eigenvalue weighted by Crippen LogP contribution is 2.41. The molecule has 3 aliphatic rings. The van der Waals surface area contributed by atoms with Gasteiger partial charge in [-0.05, 0) is 63.0 Å². The van der Waals surface area contributed by atoms with Gasteiger partial charge < -0.3 is 20.1 Å². The number of rotatable bonds is 1. The smallest absolute Gasteiger partial charge is 0.233 e. The minimum atomic E-state index is -0.798. The van der Waals surface area contributed by atoms with Crippen LogP contribution in [0.4, 0.5) is 0 Å². The van der Waals surface area contributed by atoms with E-state index in [2.05, 4.69) is 31.9 Å². The van der Waals surface area contributed by atoms with Gasteiger partial charge in [0.25, 0.3) is 0 Å². The fourth-order valence-corrected chi connectivity index (χ4v) is 4.47. The van der Waals surface area contributed by atoms with E-state index in [9.17, 15) is 39.3 Å². The number of carbonyl (C=O) groups is 5. The van der Waals surface area contributed by atoms with Crippen molar-refractivity contribution in [1.29, 1.82) is 0 Å². The van der Waals surface area contributed by atoms with Crippen LogP contribution in [0.5, 0.6) is 11.5 Å². The lowest BCUT2D eigenvalue weighted by atomic mass is 9.86. The van der Waals surface area contributed by atoms with E-state index in [1.807, 2.05) is 0 Å². The predicted molar refractivity (Wildman–Crippen MR) is 127 cm³/mol. The Bertz CT molecular complexity index is 1450. The summed E-state index contributed by atoms with van der Waals surface area (Å²) >= 11 is 6.17. The molecule has 3 N–H and O–H groups in total. The highest BCUT2D eigenvalue weighted by Gasteiger charge is 2.43. The number of carbonyl (C=O) groups excluding carboxylic acids is 5. The third-order valence-corrected chi connectivity index (χ3v) is 6.86. The number of hydrogen-bond donors (Lipinski definition) is 3. The van der Waals surface area contributed by atoms with Crippen LogP contribution in [-0.2, 0) is 14.3 Å². The number of phenols is 2. The van der Waals surface area contributed by atoms with Gasteiger partial charge in [-0.3, -0.25) is 24.0 Å². The van der Waals surface area contributed by atoms with Crippen LogP contribution in [0.25, 0.3) is 5.76 Å². The Morgan fingerprint density at radius 1 is 0.857 bits per heavy atom. The van der Waals surface area contributed by atoms with Crippen LogP contribution in [-0.4, -0.2) is 50.3 Å². The molecule has 1 unspecified atom stereocenters. The Labute approximate surface area is 214 Å². The van der Waals surface area contributed by atoms with E-state index in [4.69, 9.17) is 4.74 Å². The Morgan fingerprint density at radius 2 is 1.40 bits per heavy atom. The van der Waals surface area contributed by atoms with Gasteiger partial charge in [-0.1, -0.05) is 0 Å². The lowest BCUT2D eigenvalue weighted by Gasteiger charge is -2.16. The number of aliphatic hydroxyl groups is 1. The molecule has 0 saturated heterocycles. The first-order chi connectivity index (χ1) is 16.4. The average molecular weight is 606 g/mol. The third kappa shape index (κ3) is 4.00. The molecule has 0 saturated carbocycles. The number of aromatic hydroxyl groups is 2. The predicted octanol–water partition coefficient (Wildman–Crippen LogP) is 3.98. The van der Waals surface area contributed by atoms with Crippen molar-refractivity contribution in [3.63, 3.8) is 0 Å². The number of ether oxygens (including phenoxy) is 1. The van der Waals surface area contributed by atoms with Crippen LogP contribution in [0.1, 0.15) is 50.0 Å². The van der Waals surface area contributed by atoms with Crippen LogP contribution < -0.4 is 0 Å². The monoisotopic (exact) mass is 604 g/mol. The number of allylic oxidation sites excluding steroid dienone is 2. The molecule has 0 spiro atoms. The molecular weight excluding hydrogens is 592 g/mol. The maximum atomic E-state index is 12.4. The molecule has 178 valence electrons. The van der Waals surface area contributed by atoms with E-state index in [-0.39, 0.29) is 57.3 Å². The molecule has 9 nitrogen and oxygen atoms in total. The molecule has 2 aromatic carbocycles. The summed E-state index contributed by atoms with van der Waals surface area (Å²) in [6.07, 6.45) is 0.0741. The van der Waals surface area contributed by atoms with Gasteiger partial charge in [0, 0.05) is 23.6 Å². The van der Waals surface area contributed by atoms with Gasteiger partial charge >= 0.3 is 0 Å². The van der Waals surface area contributed by atoms with Crippen LogP contribution in [0.3, 0.4) is 0 Å². The second-order valence-electron chi connectivity index (χ2n) is 7.75. The zero-order valence-corrected chi connectivity index (χ0v) is 20.9. The first kappa shape index (κ1) is 24.6. The number of phenolic OH excluding ortho intramolecular Hbond substituents is 2. The van der Waals surface area contributed by atoms with Crippen molar-refractivity contribution >= 4 is 66.5 Å². The first-order valence-electron chi connectivity index (χ1n) is 9.96. The van der Waals surface area contributed by atoms with Gasteiger partial charge in [-0.2, -0.15) is 0 Å². The van der Waals surface area contributed by atoms with Gasteiger partial charge in [0.05, 0.1) is 25.6 Å². The molecule has 0 fully saturated rings. The number of hydrogen-bond acceptors (Lipinski definition) is 9. The Kier molecular flexibility index (Phi) is 6.24. The molecule has 2 aromatic rings. The third-order valence-electron chi connectivity index (χ3n) is 5.58. The first-order valence-corrected chi connectivity index (χ1v) is 11.5. The Balaban J connectivity index is 0.000000172. The van der Waals surface area contributed by atoms with Gasteiger partial charge in [0.15, 0.2) is 23.4 Å². The molecule has 0 aromatic heterocycles. The fraction of sp³-hybridized carbons (Fsp3) is 0.125. The van der Waals surface area contributed by atoms with E-state index in [1.54, 1.807) is 0 Å². The molecule has 0 amide bonds. The van der Waals surface area contributed by atoms with E-state index < -0.39 is 35.0 Å². The number of ketones is 5. The standard InChI is InChI=1S/C14H9BrO5.C10H5BrO4/c1-5(16)9-4-7-11(17)10-6(12(18)14(7)20-9)2-3-8(15)13(10)19;11-5-2-1-4-8(10(5)15)6(12)3-7(13)9(4)14/h2-3,9,19H,4H2,1H3;1-3,12,15H. The van der Waals surface area contributed by atoms with Crippen LogP contribution in [0.2, 0.25) is 0 Å². The number of halogens is 2. The molecule has 0 radical (unpaired) electrons. The van der Waals surface area contributed by atoms with Crippen molar-refractivity contribution in [2.75, 3.05) is 0 Å². The number of Topliss-reactive ketones (excluding diaryl/α,β-unsaturated/α-hetero) is 4. The lowest BCUT2D eigenvalue weighted by Crippen LogP contribution is -2.20. The molecular formula is C24H14Br2O9. The summed E-state index contributed by atoms with van der Waals surface area (Å²) in [7, 11) is 0. The topological polar surface area (TPSA) is 155 Å². The van der Waals surface area contributed by atoms with Crippen LogP contribution in [0, 0.1) is 0 Å². The van der Waals surface area contributed by atoms with Gasteiger partial charge in [0.2, 0.25) is 17.3 Å². The van der Waals surface area contributed by atoms with Crippen molar-refractivity contribution < 1.29 is 44.0 Å². The lowest BCUT2D eigenvalue weighted by molar-refractivity contribution is -0.124. The fourth-order valence-electron chi connectivity index (χ4n) is 3.81. The molecule has 11 heteroatoms. The molecule has 2 aliphatic carbocycles. The summed E-state index contributed by atoms with van der Waals surface area (Å²) in [4.78, 5) is 58.5. The zero-order chi connectivity index (χ0) is 25.8. The van der Waals surface area contributed by atoms with Crippen molar-refractivity contribution in [1.82, 2.24) is 0 Å². The second kappa shape index (κ2) is 8.90. The highest BCUT2D eigenvalue weighted by atomic mass is 79.9. The summed E-state index contributed by atoms with van der Waals surface area (Å²) < 4.78 is 5.99. The largest absolute Gasteiger partial charge is 0.507 e. The van der Waals surface area contributed by atoms with Gasteiger partial charge in [-0.15, -0.1) is 0 Å². The Hall–Kier alpha value is -3.57. The van der Waals surface area contributed by atoms with Crippen molar-refractivity contribution in [2.24, 2.45) is 0 Å². The minimum absolute atomic E-state index is 0.00558. The van der Waals surface area contributed by atoms with Gasteiger partial charge in [-0.25, -0.2) is 0 Å². The maximum Gasteiger partial charge on any atom is 0.233 e.